The molecule has 0 amide bonds. The molecule has 3 fully saturated rings. The Morgan fingerprint density at radius 1 is 1.11 bits per heavy atom. The maximum Gasteiger partial charge on any atom is 0.422 e. The molecular weight excluding hydrogens is 463 g/mol. The molecule has 0 spiro atoms. The predicted molar refractivity (Wildman–Crippen MR) is 121 cm³/mol. The van der Waals surface area contributed by atoms with Gasteiger partial charge in [-0.15, -0.1) is 10.2 Å². The van der Waals surface area contributed by atoms with Crippen LogP contribution >= 0.6 is 0 Å². The third kappa shape index (κ3) is 4.41. The molecule has 1 N–H and O–H groups in total. The van der Waals surface area contributed by atoms with E-state index in [4.69, 9.17) is 9.47 Å². The van der Waals surface area contributed by atoms with Gasteiger partial charge in [0.15, 0.2) is 18.0 Å². The van der Waals surface area contributed by atoms with Crippen molar-refractivity contribution in [3.63, 3.8) is 0 Å². The van der Waals surface area contributed by atoms with Crippen LogP contribution in [0.1, 0.15) is 37.3 Å². The van der Waals surface area contributed by atoms with Crippen LogP contribution in [0.2, 0.25) is 0 Å². The summed E-state index contributed by atoms with van der Waals surface area (Å²) in [5, 5.41) is 16.2. The lowest BCUT2D eigenvalue weighted by molar-refractivity contribution is -0.153. The van der Waals surface area contributed by atoms with Crippen LogP contribution in [0.3, 0.4) is 0 Å². The minimum Gasteiger partial charge on any atom is -0.480 e. The summed E-state index contributed by atoms with van der Waals surface area (Å²) in [6.07, 6.45) is 1.57. The number of hydrogen-bond acceptors (Lipinski definition) is 8. The highest BCUT2D eigenvalue weighted by molar-refractivity contribution is 5.58. The van der Waals surface area contributed by atoms with Crippen molar-refractivity contribution >= 4 is 17.3 Å². The molecule has 35 heavy (non-hydrogen) atoms. The maximum absolute atomic E-state index is 12.8. The number of piperidine rings is 1. The Morgan fingerprint density at radius 2 is 1.89 bits per heavy atom. The number of aromatic nitrogens is 5. The summed E-state index contributed by atoms with van der Waals surface area (Å²) in [7, 11) is 1.57. The van der Waals surface area contributed by atoms with Crippen molar-refractivity contribution in [1.82, 2.24) is 24.8 Å². The zero-order chi connectivity index (χ0) is 24.2. The first kappa shape index (κ1) is 22.2. The van der Waals surface area contributed by atoms with Crippen LogP contribution in [0.5, 0.6) is 11.6 Å². The van der Waals surface area contributed by atoms with E-state index in [2.05, 4.69) is 30.5 Å². The van der Waals surface area contributed by atoms with Crippen LogP contribution in [0, 0.1) is 11.8 Å². The van der Waals surface area contributed by atoms with E-state index in [0.29, 0.717) is 35.2 Å². The Kier molecular flexibility index (Phi) is 5.33. The van der Waals surface area contributed by atoms with Crippen molar-refractivity contribution in [2.45, 2.75) is 43.8 Å². The number of nitrogens with one attached hydrogen (secondary N) is 1. The number of pyridine rings is 1. The summed E-state index contributed by atoms with van der Waals surface area (Å²) in [5.74, 6) is 2.11. The fraction of sp³-hybridized carbons (Fsp3) is 0.565. The predicted octanol–water partition coefficient (Wildman–Crippen LogP) is 3.67. The lowest BCUT2D eigenvalue weighted by Crippen LogP contribution is -2.48. The molecule has 9 nitrogen and oxygen atoms in total. The highest BCUT2D eigenvalue weighted by Gasteiger charge is 2.43. The zero-order valence-corrected chi connectivity index (χ0v) is 19.2. The third-order valence-corrected chi connectivity index (χ3v) is 7.19. The highest BCUT2D eigenvalue weighted by Crippen LogP contribution is 2.42. The summed E-state index contributed by atoms with van der Waals surface area (Å²) >= 11 is 0. The lowest BCUT2D eigenvalue weighted by Gasteiger charge is -2.39. The molecule has 1 aliphatic heterocycles. The molecule has 2 saturated carbocycles. The van der Waals surface area contributed by atoms with Crippen LogP contribution in [0.25, 0.3) is 5.65 Å². The highest BCUT2D eigenvalue weighted by atomic mass is 19.4. The second-order valence-corrected chi connectivity index (χ2v) is 9.60. The van der Waals surface area contributed by atoms with Gasteiger partial charge < -0.3 is 19.7 Å². The number of fused-ring (bicyclic) bond motifs is 3. The van der Waals surface area contributed by atoms with Gasteiger partial charge in [-0.3, -0.25) is 0 Å². The van der Waals surface area contributed by atoms with Crippen LogP contribution < -0.4 is 19.7 Å². The van der Waals surface area contributed by atoms with Gasteiger partial charge in [0.1, 0.15) is 0 Å². The van der Waals surface area contributed by atoms with Crippen molar-refractivity contribution in [1.29, 1.82) is 0 Å². The van der Waals surface area contributed by atoms with E-state index in [0.717, 1.165) is 50.2 Å². The monoisotopic (exact) mass is 489 g/mol. The molecule has 0 aromatic carbocycles. The van der Waals surface area contributed by atoms with Gasteiger partial charge in [-0.25, -0.2) is 4.52 Å². The van der Waals surface area contributed by atoms with Crippen LogP contribution in [-0.2, 0) is 0 Å². The molecule has 3 aromatic rings. The van der Waals surface area contributed by atoms with Crippen LogP contribution in [0.4, 0.5) is 24.8 Å². The quantitative estimate of drug-likeness (QED) is 0.538. The second-order valence-electron chi connectivity index (χ2n) is 9.60. The molecule has 3 aromatic heterocycles. The van der Waals surface area contributed by atoms with E-state index < -0.39 is 12.8 Å². The number of ether oxygens (including phenoxy) is 2. The number of hydrogen-bond donors (Lipinski definition) is 1. The van der Waals surface area contributed by atoms with Gasteiger partial charge in [0.2, 0.25) is 11.8 Å². The summed E-state index contributed by atoms with van der Waals surface area (Å²) in [4.78, 5) is 6.88. The van der Waals surface area contributed by atoms with Crippen molar-refractivity contribution < 1.29 is 22.6 Å². The topological polar surface area (TPSA) is 89.7 Å². The molecule has 1 saturated heterocycles. The second kappa shape index (κ2) is 8.42. The van der Waals surface area contributed by atoms with E-state index in [1.807, 2.05) is 6.07 Å². The largest absolute Gasteiger partial charge is 0.480 e. The smallest absolute Gasteiger partial charge is 0.422 e. The standard InChI is InChI=1S/C23H26F3N7O2/c1-34-19-8-16(9-27-30-19)32-10-14-4-5-15(11-32)20(14)28-22-29-21-18(35-12-23(24,25)26)7-6-17(13-2-3-13)33(21)31-22/h6-9,13-15,20H,2-5,10-12H2,1H3,(H,28,31)/t14-,15+,20+. The zero-order valence-electron chi connectivity index (χ0n) is 19.2. The summed E-state index contributed by atoms with van der Waals surface area (Å²) in [5.41, 5.74) is 2.26. The molecule has 2 bridgehead atoms. The fourth-order valence-corrected chi connectivity index (χ4v) is 5.41. The van der Waals surface area contributed by atoms with Gasteiger partial charge in [-0.1, -0.05) is 0 Å². The molecule has 3 aliphatic rings. The molecule has 4 heterocycles. The molecule has 186 valence electrons. The van der Waals surface area contributed by atoms with Crippen LogP contribution in [-0.4, -0.2) is 63.8 Å². The fourth-order valence-electron chi connectivity index (χ4n) is 5.41. The third-order valence-electron chi connectivity index (χ3n) is 7.19. The molecular formula is C23H26F3N7O2. The number of methoxy groups -OCH3 is 1. The van der Waals surface area contributed by atoms with Gasteiger partial charge in [0, 0.05) is 36.8 Å². The minimum absolute atomic E-state index is 0.0872. The van der Waals surface area contributed by atoms with E-state index in [9.17, 15) is 13.2 Å². The SMILES string of the molecule is COc1cc(N2C[C@H]3CC[C@@H](C2)[C@H]3Nc2nc3c(OCC(F)(F)F)ccc(C4CC4)n3n2)cnn1. The van der Waals surface area contributed by atoms with Gasteiger partial charge in [-0.05, 0) is 49.7 Å². The van der Waals surface area contributed by atoms with E-state index in [-0.39, 0.29) is 11.8 Å². The number of halogens is 3. The Balaban J connectivity index is 1.23. The number of anilines is 2. The Morgan fingerprint density at radius 3 is 2.57 bits per heavy atom. The lowest BCUT2D eigenvalue weighted by atomic mass is 9.92. The van der Waals surface area contributed by atoms with Crippen molar-refractivity contribution in [2.75, 3.05) is 37.0 Å². The van der Waals surface area contributed by atoms with Gasteiger partial charge in [-0.2, -0.15) is 23.3 Å². The molecule has 0 radical (unpaired) electrons. The number of alkyl halides is 3. The van der Waals surface area contributed by atoms with Crippen molar-refractivity contribution in [3.8, 4) is 11.6 Å². The number of rotatable bonds is 7. The molecule has 2 aliphatic carbocycles. The van der Waals surface area contributed by atoms with Gasteiger partial charge in [0.05, 0.1) is 19.0 Å². The first-order valence-electron chi connectivity index (χ1n) is 11.9. The van der Waals surface area contributed by atoms with E-state index >= 15 is 0 Å². The summed E-state index contributed by atoms with van der Waals surface area (Å²) in [6, 6.07) is 5.45. The average Bonchev–Trinajstić information content (AvgIpc) is 3.55. The average molecular weight is 490 g/mol. The maximum atomic E-state index is 12.8. The molecule has 0 unspecified atom stereocenters. The van der Waals surface area contributed by atoms with Crippen LogP contribution in [0.15, 0.2) is 24.4 Å². The number of nitrogens with zero attached hydrogens (tertiary/aromatic N) is 6. The van der Waals surface area contributed by atoms with Crippen molar-refractivity contribution in [2.24, 2.45) is 11.8 Å². The van der Waals surface area contributed by atoms with E-state index in [1.54, 1.807) is 30.0 Å². The summed E-state index contributed by atoms with van der Waals surface area (Å²) < 4.78 is 50.2. The normalized spacial score (nSPS) is 24.1. The van der Waals surface area contributed by atoms with Gasteiger partial charge >= 0.3 is 6.18 Å². The van der Waals surface area contributed by atoms with E-state index in [1.165, 1.54) is 0 Å². The Hall–Kier alpha value is -3.31. The molecule has 3 atom stereocenters. The Labute approximate surface area is 199 Å². The summed E-state index contributed by atoms with van der Waals surface area (Å²) in [6.45, 7) is 0.339. The first-order valence-corrected chi connectivity index (χ1v) is 11.9. The molecule has 12 heteroatoms. The first-order chi connectivity index (χ1) is 16.9. The Bertz CT molecular complexity index is 1220. The molecule has 6 rings (SSSR count). The van der Waals surface area contributed by atoms with Gasteiger partial charge in [0.25, 0.3) is 0 Å². The minimum atomic E-state index is -4.42. The van der Waals surface area contributed by atoms with Crippen molar-refractivity contribution in [3.05, 3.63) is 30.1 Å².